The van der Waals surface area contributed by atoms with Crippen LogP contribution >= 0.6 is 22.9 Å². The molecular formula is C15H9ClN2O2S. The second-order valence-electron chi connectivity index (χ2n) is 4.52. The monoisotopic (exact) mass is 316 g/mol. The Morgan fingerprint density at radius 3 is 2.95 bits per heavy atom. The molecule has 1 aromatic carbocycles. The molecule has 3 aromatic rings. The molecule has 2 aromatic heterocycles. The maximum atomic E-state index is 12.4. The number of hydrogen-bond acceptors (Lipinski definition) is 5. The van der Waals surface area contributed by atoms with Crippen molar-refractivity contribution in [2.75, 3.05) is 0 Å². The van der Waals surface area contributed by atoms with Crippen LogP contribution in [0, 0.1) is 18.3 Å². The minimum atomic E-state index is -0.967. The molecule has 0 aliphatic rings. The van der Waals surface area contributed by atoms with Crippen LogP contribution in [0.4, 0.5) is 0 Å². The molecule has 2 heterocycles. The van der Waals surface area contributed by atoms with Crippen LogP contribution in [0.1, 0.15) is 27.0 Å². The Hall–Kier alpha value is -2.16. The van der Waals surface area contributed by atoms with Crippen LogP contribution in [-0.2, 0) is 0 Å². The molecule has 0 saturated heterocycles. The van der Waals surface area contributed by atoms with E-state index in [-0.39, 0.29) is 11.5 Å². The molecule has 4 nitrogen and oxygen atoms in total. The van der Waals surface area contributed by atoms with Crippen molar-refractivity contribution in [3.8, 4) is 6.07 Å². The molecule has 0 aliphatic heterocycles. The molecule has 0 aliphatic carbocycles. The van der Waals surface area contributed by atoms with Crippen LogP contribution in [0.5, 0.6) is 0 Å². The Bertz CT molecular complexity index is 875. The Morgan fingerprint density at radius 1 is 1.48 bits per heavy atom. The third-order valence-corrected chi connectivity index (χ3v) is 4.43. The molecule has 3 rings (SSSR count). The van der Waals surface area contributed by atoms with Crippen LogP contribution in [0.25, 0.3) is 10.2 Å². The zero-order chi connectivity index (χ0) is 15.0. The van der Waals surface area contributed by atoms with Gasteiger partial charge in [0.2, 0.25) is 5.78 Å². The largest absolute Gasteiger partial charge is 0.461 e. The van der Waals surface area contributed by atoms with E-state index in [0.717, 1.165) is 4.70 Å². The molecule has 0 radical (unpaired) electrons. The number of halogens is 1. The van der Waals surface area contributed by atoms with Crippen molar-refractivity contribution in [2.24, 2.45) is 0 Å². The number of carbonyl (C=O) groups excluding carboxylic acids is 1. The highest BCUT2D eigenvalue weighted by atomic mass is 35.5. The van der Waals surface area contributed by atoms with Gasteiger partial charge in [0.05, 0.1) is 22.5 Å². The number of hydrogen-bond donors (Lipinski definition) is 0. The Balaban J connectivity index is 2.04. The summed E-state index contributed by atoms with van der Waals surface area (Å²) in [5, 5.41) is 10.4. The number of benzene rings is 1. The molecule has 0 amide bonds. The lowest BCUT2D eigenvalue weighted by Crippen LogP contribution is -2.11. The van der Waals surface area contributed by atoms with Gasteiger partial charge in [-0.25, -0.2) is 4.98 Å². The van der Waals surface area contributed by atoms with Crippen LogP contribution in [0.2, 0.25) is 5.02 Å². The van der Waals surface area contributed by atoms with Crippen LogP contribution in [0.3, 0.4) is 0 Å². The topological polar surface area (TPSA) is 66.9 Å². The van der Waals surface area contributed by atoms with Crippen molar-refractivity contribution in [1.82, 2.24) is 4.98 Å². The summed E-state index contributed by atoms with van der Waals surface area (Å²) in [6, 6.07) is 9.01. The van der Waals surface area contributed by atoms with Gasteiger partial charge < -0.3 is 4.42 Å². The minimum Gasteiger partial charge on any atom is -0.461 e. The molecule has 0 unspecified atom stereocenters. The van der Waals surface area contributed by atoms with Crippen molar-refractivity contribution in [3.63, 3.8) is 0 Å². The van der Waals surface area contributed by atoms with Crippen LogP contribution < -0.4 is 0 Å². The molecule has 21 heavy (non-hydrogen) atoms. The van der Waals surface area contributed by atoms with E-state index < -0.39 is 5.92 Å². The minimum absolute atomic E-state index is 0.207. The summed E-state index contributed by atoms with van der Waals surface area (Å²) in [5.41, 5.74) is 1.40. The third kappa shape index (κ3) is 2.44. The number of ketones is 1. The summed E-state index contributed by atoms with van der Waals surface area (Å²) in [4.78, 5) is 16.8. The van der Waals surface area contributed by atoms with Gasteiger partial charge in [-0.15, -0.1) is 11.3 Å². The maximum absolute atomic E-state index is 12.4. The zero-order valence-electron chi connectivity index (χ0n) is 11.0. The molecule has 0 bridgehead atoms. The summed E-state index contributed by atoms with van der Waals surface area (Å²) in [7, 11) is 0. The predicted molar refractivity (Wildman–Crippen MR) is 80.8 cm³/mol. The number of carbonyl (C=O) groups is 1. The van der Waals surface area contributed by atoms with Crippen LogP contribution in [0.15, 0.2) is 34.9 Å². The smallest absolute Gasteiger partial charge is 0.222 e. The van der Waals surface area contributed by atoms with Gasteiger partial charge in [-0.05, 0) is 36.8 Å². The second kappa shape index (κ2) is 5.32. The van der Waals surface area contributed by atoms with E-state index in [1.807, 2.05) is 12.1 Å². The predicted octanol–water partition coefficient (Wildman–Crippen LogP) is 4.34. The molecule has 6 heteroatoms. The van der Waals surface area contributed by atoms with Gasteiger partial charge >= 0.3 is 0 Å². The van der Waals surface area contributed by atoms with Crippen molar-refractivity contribution in [3.05, 3.63) is 51.9 Å². The first-order valence-electron chi connectivity index (χ1n) is 6.14. The molecule has 0 fully saturated rings. The summed E-state index contributed by atoms with van der Waals surface area (Å²) in [6.45, 7) is 1.77. The van der Waals surface area contributed by atoms with E-state index >= 15 is 0 Å². The van der Waals surface area contributed by atoms with E-state index in [9.17, 15) is 10.1 Å². The highest BCUT2D eigenvalue weighted by Gasteiger charge is 2.28. The van der Waals surface area contributed by atoms with Gasteiger partial charge in [-0.3, -0.25) is 4.79 Å². The molecule has 104 valence electrons. The van der Waals surface area contributed by atoms with Gasteiger partial charge in [-0.2, -0.15) is 5.26 Å². The van der Waals surface area contributed by atoms with E-state index in [1.165, 1.54) is 17.6 Å². The standard InChI is InChI=1S/C15H9ClN2O2S/c1-8-4-5-20-14(8)13(19)10(7-17)15-18-11-6-9(16)2-3-12(11)21-15/h2-6,10H,1H3/t10-/m1/s1. The zero-order valence-corrected chi connectivity index (χ0v) is 12.5. The fourth-order valence-electron chi connectivity index (χ4n) is 2.02. The van der Waals surface area contributed by atoms with E-state index in [0.29, 0.717) is 21.1 Å². The van der Waals surface area contributed by atoms with Gasteiger partial charge in [0.15, 0.2) is 11.7 Å². The van der Waals surface area contributed by atoms with Gasteiger partial charge in [0.25, 0.3) is 0 Å². The van der Waals surface area contributed by atoms with Crippen molar-refractivity contribution >= 4 is 38.9 Å². The summed E-state index contributed by atoms with van der Waals surface area (Å²) >= 11 is 7.24. The third-order valence-electron chi connectivity index (χ3n) is 3.09. The number of fused-ring (bicyclic) bond motifs is 1. The van der Waals surface area contributed by atoms with Crippen LogP contribution in [-0.4, -0.2) is 10.8 Å². The number of aromatic nitrogens is 1. The molecule has 1 atom stereocenters. The number of nitriles is 1. The van der Waals surface area contributed by atoms with Gasteiger partial charge in [0.1, 0.15) is 5.01 Å². The van der Waals surface area contributed by atoms with Gasteiger partial charge in [-0.1, -0.05) is 11.6 Å². The number of rotatable bonds is 3. The quantitative estimate of drug-likeness (QED) is 0.674. The number of nitrogens with zero attached hydrogens (tertiary/aromatic N) is 2. The number of thiazole rings is 1. The summed E-state index contributed by atoms with van der Waals surface area (Å²) < 4.78 is 6.07. The fourth-order valence-corrected chi connectivity index (χ4v) is 3.18. The fraction of sp³-hybridized carbons (Fsp3) is 0.133. The normalized spacial score (nSPS) is 12.2. The molecule has 0 saturated carbocycles. The molecular weight excluding hydrogens is 308 g/mol. The first kappa shape index (κ1) is 13.8. The molecule has 0 spiro atoms. The Labute approximate surface area is 129 Å². The number of Topliss-reactive ketones (excluding diaryl/α,β-unsaturated/α-hetero) is 1. The lowest BCUT2D eigenvalue weighted by atomic mass is 10.0. The summed E-state index contributed by atoms with van der Waals surface area (Å²) in [5.74, 6) is -1.13. The number of aryl methyl sites for hydroxylation is 1. The van der Waals surface area contributed by atoms with E-state index in [1.54, 1.807) is 25.1 Å². The van der Waals surface area contributed by atoms with Gasteiger partial charge in [0, 0.05) is 5.02 Å². The van der Waals surface area contributed by atoms with Crippen molar-refractivity contribution < 1.29 is 9.21 Å². The highest BCUT2D eigenvalue weighted by molar-refractivity contribution is 7.18. The average molecular weight is 317 g/mol. The average Bonchev–Trinajstić information content (AvgIpc) is 3.05. The van der Waals surface area contributed by atoms with E-state index in [2.05, 4.69) is 4.98 Å². The summed E-state index contributed by atoms with van der Waals surface area (Å²) in [6.07, 6.45) is 1.44. The SMILES string of the molecule is Cc1ccoc1C(=O)[C@@H](C#N)c1nc2cc(Cl)ccc2s1. The Kier molecular flexibility index (Phi) is 3.50. The highest BCUT2D eigenvalue weighted by Crippen LogP contribution is 2.31. The van der Waals surface area contributed by atoms with Crippen molar-refractivity contribution in [2.45, 2.75) is 12.8 Å². The number of furan rings is 1. The second-order valence-corrected chi connectivity index (χ2v) is 6.02. The van der Waals surface area contributed by atoms with Crippen molar-refractivity contribution in [1.29, 1.82) is 5.26 Å². The Morgan fingerprint density at radius 2 is 2.29 bits per heavy atom. The lowest BCUT2D eigenvalue weighted by Gasteiger charge is -2.02. The molecule has 0 N–H and O–H groups in total. The maximum Gasteiger partial charge on any atom is 0.222 e. The van der Waals surface area contributed by atoms with E-state index in [4.69, 9.17) is 16.0 Å². The first-order chi connectivity index (χ1) is 10.1. The first-order valence-corrected chi connectivity index (χ1v) is 7.33. The lowest BCUT2D eigenvalue weighted by molar-refractivity contribution is 0.0951.